The topological polar surface area (TPSA) is 124 Å². The molecular formula is C15H13N5O2S. The lowest BCUT2D eigenvalue weighted by Crippen LogP contribution is -2.25. The number of primary amides is 1. The number of fused-ring (bicyclic) bond motifs is 1. The number of hydrogen-bond acceptors (Lipinski definition) is 6. The Labute approximate surface area is 135 Å². The summed E-state index contributed by atoms with van der Waals surface area (Å²) in [5, 5.41) is 3.26. The van der Waals surface area contributed by atoms with Crippen LogP contribution in [0.15, 0.2) is 36.4 Å². The van der Waals surface area contributed by atoms with Crippen LogP contribution in [0.2, 0.25) is 0 Å². The Bertz CT molecular complexity index is 906. The van der Waals surface area contributed by atoms with E-state index >= 15 is 0 Å². The third-order valence-corrected chi connectivity index (χ3v) is 4.00. The van der Waals surface area contributed by atoms with Gasteiger partial charge in [-0.25, -0.2) is 9.97 Å². The first-order valence-electron chi connectivity index (χ1n) is 6.73. The van der Waals surface area contributed by atoms with E-state index in [-0.39, 0.29) is 17.3 Å². The first-order valence-corrected chi connectivity index (χ1v) is 7.54. The molecular weight excluding hydrogens is 314 g/mol. The van der Waals surface area contributed by atoms with Gasteiger partial charge in [0.1, 0.15) is 11.4 Å². The van der Waals surface area contributed by atoms with Crippen LogP contribution in [0.4, 0.5) is 5.13 Å². The molecule has 0 spiro atoms. The zero-order chi connectivity index (χ0) is 16.4. The van der Waals surface area contributed by atoms with Crippen molar-refractivity contribution in [3.63, 3.8) is 0 Å². The molecule has 3 rings (SSSR count). The van der Waals surface area contributed by atoms with Crippen LogP contribution in [0.25, 0.3) is 10.2 Å². The van der Waals surface area contributed by atoms with Gasteiger partial charge in [0.25, 0.3) is 11.8 Å². The number of carbonyl (C=O) groups is 2. The van der Waals surface area contributed by atoms with Crippen molar-refractivity contribution in [1.82, 2.24) is 15.3 Å². The number of thiazole rings is 1. The van der Waals surface area contributed by atoms with Crippen LogP contribution in [0.5, 0.6) is 0 Å². The van der Waals surface area contributed by atoms with Crippen LogP contribution in [-0.2, 0) is 6.54 Å². The molecule has 3 aromatic rings. The van der Waals surface area contributed by atoms with Gasteiger partial charge >= 0.3 is 0 Å². The van der Waals surface area contributed by atoms with Gasteiger partial charge in [-0.05, 0) is 29.8 Å². The number of carbonyl (C=O) groups excluding carboxylic acids is 2. The molecule has 5 N–H and O–H groups in total. The standard InChI is InChI=1S/C15H13N5O2S/c16-13(21)10-2-1-3-11(19-10)14(22)18-7-8-4-5-9-12(6-8)23-15(17)20-9/h1-6H,7H2,(H2,16,21)(H2,17,20)(H,18,22). The van der Waals surface area contributed by atoms with E-state index in [1.54, 1.807) is 6.07 Å². The molecule has 0 saturated carbocycles. The van der Waals surface area contributed by atoms with Gasteiger partial charge in [-0.1, -0.05) is 23.5 Å². The minimum atomic E-state index is -0.673. The Kier molecular flexibility index (Phi) is 3.90. The molecule has 0 fully saturated rings. The summed E-state index contributed by atoms with van der Waals surface area (Å²) in [5.41, 5.74) is 12.8. The molecule has 1 aromatic carbocycles. The Balaban J connectivity index is 1.72. The van der Waals surface area contributed by atoms with Gasteiger partial charge in [0.05, 0.1) is 10.2 Å². The third kappa shape index (κ3) is 3.27. The van der Waals surface area contributed by atoms with Crippen LogP contribution in [0.1, 0.15) is 26.5 Å². The third-order valence-electron chi connectivity index (χ3n) is 3.16. The molecule has 0 unspecified atom stereocenters. The second kappa shape index (κ2) is 6.01. The maximum absolute atomic E-state index is 12.1. The smallest absolute Gasteiger partial charge is 0.270 e. The second-order valence-electron chi connectivity index (χ2n) is 4.81. The number of amides is 2. The molecule has 0 aliphatic carbocycles. The maximum atomic E-state index is 12.1. The quantitative estimate of drug-likeness (QED) is 0.666. The van der Waals surface area contributed by atoms with Gasteiger partial charge < -0.3 is 16.8 Å². The molecule has 116 valence electrons. The lowest BCUT2D eigenvalue weighted by molar-refractivity contribution is 0.0945. The SMILES string of the molecule is NC(=O)c1cccc(C(=O)NCc2ccc3nc(N)sc3c2)n1. The first-order chi connectivity index (χ1) is 11.0. The molecule has 2 amide bonds. The normalized spacial score (nSPS) is 10.6. The van der Waals surface area contributed by atoms with E-state index in [0.29, 0.717) is 11.7 Å². The summed E-state index contributed by atoms with van der Waals surface area (Å²) >= 11 is 1.39. The largest absolute Gasteiger partial charge is 0.375 e. The zero-order valence-corrected chi connectivity index (χ0v) is 12.8. The van der Waals surface area contributed by atoms with Crippen molar-refractivity contribution in [2.75, 3.05) is 5.73 Å². The summed E-state index contributed by atoms with van der Waals surface area (Å²) in [6.07, 6.45) is 0. The van der Waals surface area contributed by atoms with E-state index in [0.717, 1.165) is 15.8 Å². The summed E-state index contributed by atoms with van der Waals surface area (Å²) in [7, 11) is 0. The van der Waals surface area contributed by atoms with E-state index in [4.69, 9.17) is 11.5 Å². The zero-order valence-electron chi connectivity index (χ0n) is 11.9. The lowest BCUT2D eigenvalue weighted by Gasteiger charge is -2.05. The fraction of sp³-hybridized carbons (Fsp3) is 0.0667. The highest BCUT2D eigenvalue weighted by Crippen LogP contribution is 2.24. The Hall–Kier alpha value is -3.00. The van der Waals surface area contributed by atoms with Crippen LogP contribution in [0, 0.1) is 0 Å². The average molecular weight is 327 g/mol. The van der Waals surface area contributed by atoms with Crippen LogP contribution in [-0.4, -0.2) is 21.8 Å². The lowest BCUT2D eigenvalue weighted by atomic mass is 10.2. The van der Waals surface area contributed by atoms with Crippen molar-refractivity contribution in [1.29, 1.82) is 0 Å². The van der Waals surface area contributed by atoms with E-state index in [1.807, 2.05) is 18.2 Å². The van der Waals surface area contributed by atoms with Gasteiger partial charge in [-0.2, -0.15) is 0 Å². The summed E-state index contributed by atoms with van der Waals surface area (Å²) in [5.74, 6) is -1.05. The molecule has 0 atom stereocenters. The monoisotopic (exact) mass is 327 g/mol. The maximum Gasteiger partial charge on any atom is 0.270 e. The Morgan fingerprint density at radius 2 is 1.91 bits per heavy atom. The van der Waals surface area contributed by atoms with Gasteiger partial charge in [0, 0.05) is 6.54 Å². The number of nitrogen functional groups attached to an aromatic ring is 1. The number of nitrogens with one attached hydrogen (secondary N) is 1. The van der Waals surface area contributed by atoms with Crippen molar-refractivity contribution in [2.45, 2.75) is 6.54 Å². The Morgan fingerprint density at radius 1 is 1.13 bits per heavy atom. The van der Waals surface area contributed by atoms with E-state index in [9.17, 15) is 9.59 Å². The Morgan fingerprint density at radius 3 is 2.70 bits per heavy atom. The summed E-state index contributed by atoms with van der Waals surface area (Å²) < 4.78 is 0.961. The minimum absolute atomic E-state index is 0.0548. The van der Waals surface area contributed by atoms with Gasteiger partial charge in [-0.3, -0.25) is 9.59 Å². The molecule has 2 heterocycles. The van der Waals surface area contributed by atoms with Gasteiger partial charge in [0.15, 0.2) is 5.13 Å². The highest BCUT2D eigenvalue weighted by atomic mass is 32.1. The second-order valence-corrected chi connectivity index (χ2v) is 5.87. The van der Waals surface area contributed by atoms with Crippen molar-refractivity contribution >= 4 is 38.5 Å². The van der Waals surface area contributed by atoms with Gasteiger partial charge in [-0.15, -0.1) is 0 Å². The highest BCUT2D eigenvalue weighted by Gasteiger charge is 2.10. The molecule has 0 bridgehead atoms. The minimum Gasteiger partial charge on any atom is -0.375 e. The number of pyridine rings is 1. The van der Waals surface area contributed by atoms with Crippen molar-refractivity contribution in [3.8, 4) is 0 Å². The fourth-order valence-electron chi connectivity index (χ4n) is 2.07. The van der Waals surface area contributed by atoms with Crippen LogP contribution < -0.4 is 16.8 Å². The number of hydrogen-bond donors (Lipinski definition) is 3. The average Bonchev–Trinajstić information content (AvgIpc) is 2.91. The molecule has 8 heteroatoms. The summed E-state index contributed by atoms with van der Waals surface area (Å²) in [6.45, 7) is 0.328. The van der Waals surface area contributed by atoms with E-state index < -0.39 is 5.91 Å². The number of anilines is 1. The molecule has 0 aliphatic heterocycles. The number of aromatic nitrogens is 2. The predicted octanol–water partition coefficient (Wildman–Crippen LogP) is 1.30. The van der Waals surface area contributed by atoms with Crippen LogP contribution >= 0.6 is 11.3 Å². The molecule has 0 radical (unpaired) electrons. The number of benzene rings is 1. The highest BCUT2D eigenvalue weighted by molar-refractivity contribution is 7.22. The number of rotatable bonds is 4. The molecule has 0 aliphatic rings. The number of nitrogens with zero attached hydrogens (tertiary/aromatic N) is 2. The van der Waals surface area contributed by atoms with Crippen molar-refractivity contribution < 1.29 is 9.59 Å². The molecule has 2 aromatic heterocycles. The molecule has 23 heavy (non-hydrogen) atoms. The van der Waals surface area contributed by atoms with Crippen molar-refractivity contribution in [2.24, 2.45) is 5.73 Å². The van der Waals surface area contributed by atoms with Crippen LogP contribution in [0.3, 0.4) is 0 Å². The molecule has 7 nitrogen and oxygen atoms in total. The molecule has 0 saturated heterocycles. The summed E-state index contributed by atoms with van der Waals surface area (Å²) in [6, 6.07) is 10.2. The summed E-state index contributed by atoms with van der Waals surface area (Å²) in [4.78, 5) is 31.3. The van der Waals surface area contributed by atoms with E-state index in [1.165, 1.54) is 23.5 Å². The number of nitrogens with two attached hydrogens (primary N) is 2. The first kappa shape index (κ1) is 14.9. The fourth-order valence-corrected chi connectivity index (χ4v) is 2.87. The predicted molar refractivity (Wildman–Crippen MR) is 88.0 cm³/mol. The van der Waals surface area contributed by atoms with Gasteiger partial charge in [0.2, 0.25) is 0 Å². The van der Waals surface area contributed by atoms with Crippen molar-refractivity contribution in [3.05, 3.63) is 53.3 Å². The van der Waals surface area contributed by atoms with E-state index in [2.05, 4.69) is 15.3 Å².